The summed E-state index contributed by atoms with van der Waals surface area (Å²) in [7, 11) is 0. The summed E-state index contributed by atoms with van der Waals surface area (Å²) in [5.74, 6) is 0. The van der Waals surface area contributed by atoms with Gasteiger partial charge in [-0.3, -0.25) is 0 Å². The van der Waals surface area contributed by atoms with Crippen molar-refractivity contribution in [2.75, 3.05) is 19.6 Å². The highest BCUT2D eigenvalue weighted by atomic mass is 16.6. The monoisotopic (exact) mass is 291 g/mol. The molecule has 2 aliphatic heterocycles. The van der Waals surface area contributed by atoms with Crippen LogP contribution in [0.1, 0.15) is 39.3 Å². The minimum absolute atomic E-state index is 0.114. The van der Waals surface area contributed by atoms with E-state index in [0.29, 0.717) is 6.54 Å². The number of piperidine rings is 1. The van der Waals surface area contributed by atoms with Crippen molar-refractivity contribution in [3.05, 3.63) is 24.0 Å². The summed E-state index contributed by atoms with van der Waals surface area (Å²) in [5, 5.41) is 3.65. The molecule has 21 heavy (non-hydrogen) atoms. The van der Waals surface area contributed by atoms with Crippen LogP contribution in [0.5, 0.6) is 0 Å². The third kappa shape index (κ3) is 2.79. The Bertz CT molecular complexity index is 532. The molecule has 5 nitrogen and oxygen atoms in total. The lowest BCUT2D eigenvalue weighted by atomic mass is 9.84. The molecule has 1 spiro atoms. The highest BCUT2D eigenvalue weighted by molar-refractivity contribution is 5.68. The van der Waals surface area contributed by atoms with Crippen LogP contribution in [0, 0.1) is 0 Å². The number of amides is 1. The Morgan fingerprint density at radius 1 is 1.38 bits per heavy atom. The molecule has 1 atom stereocenters. The molecule has 0 aromatic carbocycles. The van der Waals surface area contributed by atoms with Gasteiger partial charge in [0.15, 0.2) is 0 Å². The molecule has 1 N–H and O–H groups in total. The van der Waals surface area contributed by atoms with Crippen molar-refractivity contribution in [2.24, 2.45) is 0 Å². The molecule has 0 bridgehead atoms. The number of fused-ring (bicyclic) bond motifs is 2. The second-order valence-corrected chi connectivity index (χ2v) is 7.10. The average molecular weight is 291 g/mol. The molecule has 116 valence electrons. The zero-order chi connectivity index (χ0) is 15.1. The van der Waals surface area contributed by atoms with Gasteiger partial charge in [0.1, 0.15) is 5.60 Å². The molecular weight excluding hydrogens is 266 g/mol. The van der Waals surface area contributed by atoms with E-state index in [0.717, 1.165) is 32.5 Å². The van der Waals surface area contributed by atoms with E-state index in [-0.39, 0.29) is 11.6 Å². The van der Waals surface area contributed by atoms with Crippen LogP contribution in [-0.4, -0.2) is 40.8 Å². The molecule has 2 aliphatic rings. The van der Waals surface area contributed by atoms with Crippen molar-refractivity contribution < 1.29 is 9.53 Å². The Morgan fingerprint density at radius 2 is 2.19 bits per heavy atom. The number of aromatic nitrogens is 1. The van der Waals surface area contributed by atoms with Crippen LogP contribution in [-0.2, 0) is 16.8 Å². The lowest BCUT2D eigenvalue weighted by Crippen LogP contribution is -2.59. The summed E-state index contributed by atoms with van der Waals surface area (Å²) in [5.41, 5.74) is 0.737. The molecule has 0 radical (unpaired) electrons. The molecule has 5 heteroatoms. The number of likely N-dealkylation sites (tertiary alicyclic amines) is 1. The van der Waals surface area contributed by atoms with Gasteiger partial charge in [-0.15, -0.1) is 0 Å². The molecule has 3 heterocycles. The van der Waals surface area contributed by atoms with Crippen molar-refractivity contribution in [2.45, 2.75) is 51.3 Å². The summed E-state index contributed by atoms with van der Waals surface area (Å²) in [6.07, 6.45) is 3.99. The predicted octanol–water partition coefficient (Wildman–Crippen LogP) is 2.32. The molecule has 1 saturated heterocycles. The van der Waals surface area contributed by atoms with Crippen molar-refractivity contribution >= 4 is 6.09 Å². The first-order valence-electron chi connectivity index (χ1n) is 7.78. The van der Waals surface area contributed by atoms with E-state index >= 15 is 0 Å². The van der Waals surface area contributed by atoms with Gasteiger partial charge in [-0.05, 0) is 45.7 Å². The number of carbonyl (C=O) groups is 1. The number of ether oxygens (including phenoxy) is 1. The number of hydrogen-bond acceptors (Lipinski definition) is 3. The first-order chi connectivity index (χ1) is 9.90. The Balaban J connectivity index is 1.80. The first-order valence-corrected chi connectivity index (χ1v) is 7.78. The van der Waals surface area contributed by atoms with Crippen LogP contribution in [0.25, 0.3) is 0 Å². The third-order valence-corrected chi connectivity index (χ3v) is 4.28. The van der Waals surface area contributed by atoms with Gasteiger partial charge in [0.25, 0.3) is 0 Å². The Hall–Kier alpha value is -1.49. The molecule has 0 unspecified atom stereocenters. The van der Waals surface area contributed by atoms with Crippen molar-refractivity contribution in [3.8, 4) is 0 Å². The van der Waals surface area contributed by atoms with Crippen LogP contribution in [0.4, 0.5) is 4.79 Å². The highest BCUT2D eigenvalue weighted by Crippen LogP contribution is 2.34. The number of nitrogens with zero attached hydrogens (tertiary/aromatic N) is 2. The Kier molecular flexibility index (Phi) is 3.48. The largest absolute Gasteiger partial charge is 0.444 e. The van der Waals surface area contributed by atoms with E-state index in [4.69, 9.17) is 4.74 Å². The molecule has 1 amide bonds. The standard InChI is InChI=1S/C16H25N3O2/c1-15(2,3)21-14(20)19-10-5-7-16(12-19)13-6-4-9-18(13)11-8-17-16/h4,6,9,17H,5,7-8,10-12H2,1-3H3/t16-/m0/s1. The number of hydrogen-bond donors (Lipinski definition) is 1. The molecule has 0 saturated carbocycles. The van der Waals surface area contributed by atoms with Crippen LogP contribution in [0.15, 0.2) is 18.3 Å². The zero-order valence-corrected chi connectivity index (χ0v) is 13.2. The summed E-state index contributed by atoms with van der Waals surface area (Å²) >= 11 is 0. The van der Waals surface area contributed by atoms with E-state index in [1.165, 1.54) is 5.69 Å². The van der Waals surface area contributed by atoms with E-state index < -0.39 is 5.60 Å². The summed E-state index contributed by atoms with van der Waals surface area (Å²) in [6, 6.07) is 4.27. The number of rotatable bonds is 0. The summed E-state index contributed by atoms with van der Waals surface area (Å²) in [4.78, 5) is 14.2. The lowest BCUT2D eigenvalue weighted by Gasteiger charge is -2.46. The van der Waals surface area contributed by atoms with Crippen LogP contribution >= 0.6 is 0 Å². The smallest absolute Gasteiger partial charge is 0.410 e. The normalized spacial score (nSPS) is 25.8. The fraction of sp³-hybridized carbons (Fsp3) is 0.688. The van der Waals surface area contributed by atoms with Gasteiger partial charge < -0.3 is 19.5 Å². The summed E-state index contributed by atoms with van der Waals surface area (Å²) < 4.78 is 7.83. The molecule has 1 fully saturated rings. The van der Waals surface area contributed by atoms with Gasteiger partial charge in [0.05, 0.1) is 5.54 Å². The maximum absolute atomic E-state index is 12.4. The van der Waals surface area contributed by atoms with Crippen LogP contribution in [0.3, 0.4) is 0 Å². The van der Waals surface area contributed by atoms with Crippen LogP contribution < -0.4 is 5.32 Å². The van der Waals surface area contributed by atoms with Gasteiger partial charge in [-0.2, -0.15) is 0 Å². The van der Waals surface area contributed by atoms with Crippen molar-refractivity contribution in [1.29, 1.82) is 0 Å². The minimum Gasteiger partial charge on any atom is -0.444 e. The molecule has 0 aliphatic carbocycles. The predicted molar refractivity (Wildman–Crippen MR) is 81.2 cm³/mol. The quantitative estimate of drug-likeness (QED) is 0.798. The second kappa shape index (κ2) is 5.05. The van der Waals surface area contributed by atoms with Crippen LogP contribution in [0.2, 0.25) is 0 Å². The summed E-state index contributed by atoms with van der Waals surface area (Å²) in [6.45, 7) is 9.14. The molecule has 1 aromatic heterocycles. The van der Waals surface area contributed by atoms with Gasteiger partial charge in [0.2, 0.25) is 0 Å². The van der Waals surface area contributed by atoms with Gasteiger partial charge in [0, 0.05) is 38.1 Å². The Morgan fingerprint density at radius 3 is 2.95 bits per heavy atom. The number of nitrogens with one attached hydrogen (secondary N) is 1. The minimum atomic E-state index is -0.443. The fourth-order valence-corrected chi connectivity index (χ4v) is 3.44. The van der Waals surface area contributed by atoms with Crippen molar-refractivity contribution in [3.63, 3.8) is 0 Å². The molecular formula is C16H25N3O2. The third-order valence-electron chi connectivity index (χ3n) is 4.28. The fourth-order valence-electron chi connectivity index (χ4n) is 3.44. The van der Waals surface area contributed by atoms with Gasteiger partial charge in [-0.1, -0.05) is 0 Å². The first kappa shape index (κ1) is 14.4. The maximum atomic E-state index is 12.4. The van der Waals surface area contributed by atoms with Crippen molar-refractivity contribution in [1.82, 2.24) is 14.8 Å². The Labute approximate surface area is 126 Å². The topological polar surface area (TPSA) is 46.5 Å². The van der Waals surface area contributed by atoms with Gasteiger partial charge >= 0.3 is 6.09 Å². The van der Waals surface area contributed by atoms with E-state index in [2.05, 4.69) is 28.2 Å². The van der Waals surface area contributed by atoms with E-state index in [1.54, 1.807) is 0 Å². The van der Waals surface area contributed by atoms with E-state index in [1.807, 2.05) is 25.7 Å². The highest BCUT2D eigenvalue weighted by Gasteiger charge is 2.42. The zero-order valence-electron chi connectivity index (χ0n) is 13.2. The number of carbonyl (C=O) groups excluding carboxylic acids is 1. The lowest BCUT2D eigenvalue weighted by molar-refractivity contribution is 0.00820. The average Bonchev–Trinajstić information content (AvgIpc) is 2.87. The van der Waals surface area contributed by atoms with Gasteiger partial charge in [-0.25, -0.2) is 4.79 Å². The SMILES string of the molecule is CC(C)(C)OC(=O)N1CCC[C@@]2(C1)NCCn1cccc12. The van der Waals surface area contributed by atoms with E-state index in [9.17, 15) is 4.79 Å². The second-order valence-electron chi connectivity index (χ2n) is 7.10. The maximum Gasteiger partial charge on any atom is 0.410 e. The molecule has 3 rings (SSSR count). The molecule has 1 aromatic rings.